The van der Waals surface area contributed by atoms with E-state index in [9.17, 15) is 9.18 Å². The number of hydrogen-bond donors (Lipinski definition) is 1. The summed E-state index contributed by atoms with van der Waals surface area (Å²) in [6.07, 6.45) is 1.67. The summed E-state index contributed by atoms with van der Waals surface area (Å²) in [5.74, 6) is -0.947. The van der Waals surface area contributed by atoms with Gasteiger partial charge in [-0.1, -0.05) is 26.3 Å². The second-order valence-corrected chi connectivity index (χ2v) is 3.95. The van der Waals surface area contributed by atoms with Crippen LogP contribution >= 0.6 is 0 Å². The minimum atomic E-state index is -0.617. The molecule has 1 atom stereocenters. The van der Waals surface area contributed by atoms with Crippen LogP contribution in [0.3, 0.4) is 0 Å². The molecule has 0 fully saturated rings. The third-order valence-corrected chi connectivity index (χ3v) is 2.55. The molecule has 1 aromatic rings. The van der Waals surface area contributed by atoms with Crippen molar-refractivity contribution in [3.63, 3.8) is 0 Å². The quantitative estimate of drug-likeness (QED) is 0.870. The van der Waals surface area contributed by atoms with Gasteiger partial charge in [-0.2, -0.15) is 5.26 Å². The molecule has 1 aromatic carbocycles. The van der Waals surface area contributed by atoms with Crippen LogP contribution in [0.5, 0.6) is 0 Å². The van der Waals surface area contributed by atoms with Gasteiger partial charge in [-0.05, 0) is 18.6 Å². The van der Waals surface area contributed by atoms with Crippen LogP contribution < -0.4 is 5.32 Å². The van der Waals surface area contributed by atoms with Crippen LogP contribution in [0.1, 0.15) is 32.3 Å². The Labute approximate surface area is 100 Å². The molecule has 0 aliphatic rings. The number of benzene rings is 1. The Morgan fingerprint density at radius 3 is 2.88 bits per heavy atom. The minimum Gasteiger partial charge on any atom is -0.325 e. The van der Waals surface area contributed by atoms with Crippen molar-refractivity contribution in [2.75, 3.05) is 5.32 Å². The highest BCUT2D eigenvalue weighted by atomic mass is 19.1. The van der Waals surface area contributed by atoms with Crippen LogP contribution in [-0.2, 0) is 4.79 Å². The smallest absolute Gasteiger partial charge is 0.227 e. The molecule has 1 unspecified atom stereocenters. The number of nitrogens with zero attached hydrogens (tertiary/aromatic N) is 1. The summed E-state index contributed by atoms with van der Waals surface area (Å²) in [5.41, 5.74) is 0.116. The molecule has 1 N–H and O–H groups in total. The van der Waals surface area contributed by atoms with Crippen molar-refractivity contribution in [3.8, 4) is 6.07 Å². The van der Waals surface area contributed by atoms with Crippen LogP contribution in [0, 0.1) is 23.1 Å². The maximum absolute atomic E-state index is 13.3. The molecule has 0 bridgehead atoms. The van der Waals surface area contributed by atoms with E-state index in [0.29, 0.717) is 0 Å². The zero-order chi connectivity index (χ0) is 12.8. The zero-order valence-electron chi connectivity index (χ0n) is 9.96. The van der Waals surface area contributed by atoms with Crippen LogP contribution in [0.4, 0.5) is 10.1 Å². The maximum Gasteiger partial charge on any atom is 0.227 e. The monoisotopic (exact) mass is 234 g/mol. The Kier molecular flexibility index (Phi) is 4.65. The van der Waals surface area contributed by atoms with Crippen LogP contribution in [0.15, 0.2) is 18.2 Å². The first-order valence-corrected chi connectivity index (χ1v) is 5.59. The molecular formula is C13H15FN2O. The highest BCUT2D eigenvalue weighted by Crippen LogP contribution is 2.19. The molecule has 0 aliphatic heterocycles. The molecule has 0 aromatic heterocycles. The van der Waals surface area contributed by atoms with Crippen molar-refractivity contribution in [1.29, 1.82) is 5.26 Å². The zero-order valence-corrected chi connectivity index (χ0v) is 9.96. The summed E-state index contributed by atoms with van der Waals surface area (Å²) in [6.45, 7) is 3.80. The number of hydrogen-bond acceptors (Lipinski definition) is 2. The van der Waals surface area contributed by atoms with Gasteiger partial charge in [0.2, 0.25) is 5.91 Å². The molecule has 0 saturated carbocycles. The van der Waals surface area contributed by atoms with Crippen LogP contribution in [-0.4, -0.2) is 5.91 Å². The van der Waals surface area contributed by atoms with Gasteiger partial charge in [0.1, 0.15) is 17.4 Å². The van der Waals surface area contributed by atoms with Crippen molar-refractivity contribution in [2.45, 2.75) is 26.7 Å². The Hall–Kier alpha value is -1.89. The minimum absolute atomic E-state index is 0.121. The normalized spacial score (nSPS) is 11.6. The topological polar surface area (TPSA) is 52.9 Å². The van der Waals surface area contributed by atoms with Crippen LogP contribution in [0.2, 0.25) is 0 Å². The summed E-state index contributed by atoms with van der Waals surface area (Å²) in [5, 5.41) is 11.4. The standard InChI is InChI=1S/C13H15FN2O/c1-3-5-9(2)13(17)16-12-7-4-6-11(14)10(12)8-15/h4,6-7,9H,3,5H2,1-2H3,(H,16,17). The molecule has 17 heavy (non-hydrogen) atoms. The molecule has 90 valence electrons. The van der Waals surface area contributed by atoms with Crippen molar-refractivity contribution >= 4 is 11.6 Å². The molecule has 3 nitrogen and oxygen atoms in total. The first-order valence-electron chi connectivity index (χ1n) is 5.59. The Morgan fingerprint density at radius 2 is 2.29 bits per heavy atom. The second kappa shape index (κ2) is 6.00. The lowest BCUT2D eigenvalue weighted by atomic mass is 10.0. The van der Waals surface area contributed by atoms with Gasteiger partial charge < -0.3 is 5.32 Å². The molecule has 0 radical (unpaired) electrons. The molecule has 0 saturated heterocycles. The number of halogens is 1. The number of nitriles is 1. The number of anilines is 1. The predicted octanol–water partition coefficient (Wildman–Crippen LogP) is 3.07. The van der Waals surface area contributed by atoms with Crippen molar-refractivity contribution in [2.24, 2.45) is 5.92 Å². The number of nitrogens with one attached hydrogen (secondary N) is 1. The molecule has 0 aliphatic carbocycles. The Morgan fingerprint density at radius 1 is 1.59 bits per heavy atom. The van der Waals surface area contributed by atoms with E-state index in [1.165, 1.54) is 18.2 Å². The summed E-state index contributed by atoms with van der Waals surface area (Å²) in [6, 6.07) is 5.94. The van der Waals surface area contributed by atoms with E-state index in [0.717, 1.165) is 12.8 Å². The number of rotatable bonds is 4. The van der Waals surface area contributed by atoms with E-state index >= 15 is 0 Å². The van der Waals surface area contributed by atoms with Crippen molar-refractivity contribution in [3.05, 3.63) is 29.6 Å². The SMILES string of the molecule is CCCC(C)C(=O)Nc1cccc(F)c1C#N. The lowest BCUT2D eigenvalue weighted by molar-refractivity contribution is -0.119. The van der Waals surface area contributed by atoms with Gasteiger partial charge in [-0.3, -0.25) is 4.79 Å². The van der Waals surface area contributed by atoms with Gasteiger partial charge >= 0.3 is 0 Å². The van der Waals surface area contributed by atoms with E-state index in [1.807, 2.05) is 13.8 Å². The van der Waals surface area contributed by atoms with E-state index in [-0.39, 0.29) is 23.1 Å². The number of amides is 1. The summed E-state index contributed by atoms with van der Waals surface area (Å²) >= 11 is 0. The van der Waals surface area contributed by atoms with E-state index in [2.05, 4.69) is 5.32 Å². The molecule has 4 heteroatoms. The largest absolute Gasteiger partial charge is 0.325 e. The fourth-order valence-corrected chi connectivity index (χ4v) is 1.56. The summed E-state index contributed by atoms with van der Waals surface area (Å²) in [4.78, 5) is 11.7. The van der Waals surface area contributed by atoms with Gasteiger partial charge in [-0.15, -0.1) is 0 Å². The third kappa shape index (κ3) is 3.28. The van der Waals surface area contributed by atoms with Gasteiger partial charge in [0.05, 0.1) is 5.69 Å². The first-order chi connectivity index (χ1) is 8.10. The lowest BCUT2D eigenvalue weighted by Crippen LogP contribution is -2.20. The molecule has 1 amide bonds. The Balaban J connectivity index is 2.86. The maximum atomic E-state index is 13.3. The molecule has 0 heterocycles. The van der Waals surface area contributed by atoms with Gasteiger partial charge in [0.25, 0.3) is 0 Å². The highest BCUT2D eigenvalue weighted by Gasteiger charge is 2.15. The van der Waals surface area contributed by atoms with E-state index in [1.54, 1.807) is 6.07 Å². The average Bonchev–Trinajstić information content (AvgIpc) is 2.29. The fraction of sp³-hybridized carbons (Fsp3) is 0.385. The first kappa shape index (κ1) is 13.2. The van der Waals surface area contributed by atoms with E-state index in [4.69, 9.17) is 5.26 Å². The average molecular weight is 234 g/mol. The number of carbonyl (C=O) groups is 1. The third-order valence-electron chi connectivity index (χ3n) is 2.55. The van der Waals surface area contributed by atoms with Crippen molar-refractivity contribution < 1.29 is 9.18 Å². The van der Waals surface area contributed by atoms with Gasteiger partial charge in [-0.25, -0.2) is 4.39 Å². The van der Waals surface area contributed by atoms with Crippen molar-refractivity contribution in [1.82, 2.24) is 0 Å². The lowest BCUT2D eigenvalue weighted by Gasteiger charge is -2.12. The highest BCUT2D eigenvalue weighted by molar-refractivity contribution is 5.93. The summed E-state index contributed by atoms with van der Waals surface area (Å²) < 4.78 is 13.3. The number of carbonyl (C=O) groups excluding carboxylic acids is 1. The molecule has 0 spiro atoms. The molecular weight excluding hydrogens is 219 g/mol. The fourth-order valence-electron chi connectivity index (χ4n) is 1.56. The predicted molar refractivity (Wildman–Crippen MR) is 63.8 cm³/mol. The van der Waals surface area contributed by atoms with Gasteiger partial charge in [0, 0.05) is 5.92 Å². The summed E-state index contributed by atoms with van der Waals surface area (Å²) in [7, 11) is 0. The molecule has 1 rings (SSSR count). The second-order valence-electron chi connectivity index (χ2n) is 3.95. The van der Waals surface area contributed by atoms with Gasteiger partial charge in [0.15, 0.2) is 0 Å². The Bertz CT molecular complexity index is 451. The van der Waals surface area contributed by atoms with Crippen LogP contribution in [0.25, 0.3) is 0 Å². The van der Waals surface area contributed by atoms with E-state index < -0.39 is 5.82 Å².